The number of anilines is 2. The van der Waals surface area contributed by atoms with E-state index in [4.69, 9.17) is 0 Å². The van der Waals surface area contributed by atoms with Crippen LogP contribution in [-0.2, 0) is 4.79 Å². The number of aryl methyl sites for hydroxylation is 1. The Hall–Kier alpha value is -2.47. The Bertz CT molecular complexity index is 779. The van der Waals surface area contributed by atoms with Crippen LogP contribution < -0.4 is 10.2 Å². The maximum Gasteiger partial charge on any atom is 0.238 e. The van der Waals surface area contributed by atoms with Gasteiger partial charge in [-0.3, -0.25) is 9.69 Å². The topological polar surface area (TPSA) is 35.6 Å². The molecule has 0 aliphatic carbocycles. The van der Waals surface area contributed by atoms with E-state index in [9.17, 15) is 13.6 Å². The van der Waals surface area contributed by atoms with Gasteiger partial charge in [0.15, 0.2) is 0 Å². The van der Waals surface area contributed by atoms with Crippen LogP contribution in [0.1, 0.15) is 12.5 Å². The zero-order valence-electron chi connectivity index (χ0n) is 15.0. The smallest absolute Gasteiger partial charge is 0.238 e. The van der Waals surface area contributed by atoms with E-state index in [1.807, 2.05) is 4.90 Å². The third-order valence-electron chi connectivity index (χ3n) is 4.65. The Morgan fingerprint density at radius 2 is 1.88 bits per heavy atom. The number of piperazine rings is 1. The molecule has 2 aromatic rings. The van der Waals surface area contributed by atoms with Gasteiger partial charge in [-0.25, -0.2) is 8.78 Å². The summed E-state index contributed by atoms with van der Waals surface area (Å²) in [6, 6.07) is 11.8. The largest absolute Gasteiger partial charge is 0.366 e. The van der Waals surface area contributed by atoms with Gasteiger partial charge in [0.2, 0.25) is 5.91 Å². The van der Waals surface area contributed by atoms with Crippen LogP contribution in [0, 0.1) is 18.6 Å². The number of rotatable bonds is 4. The molecule has 138 valence electrons. The average molecular weight is 359 g/mol. The molecule has 1 amide bonds. The summed E-state index contributed by atoms with van der Waals surface area (Å²) in [4.78, 5) is 16.6. The zero-order chi connectivity index (χ0) is 18.7. The van der Waals surface area contributed by atoms with Gasteiger partial charge in [-0.05, 0) is 38.1 Å². The maximum absolute atomic E-state index is 13.6. The van der Waals surface area contributed by atoms with E-state index in [-0.39, 0.29) is 24.2 Å². The van der Waals surface area contributed by atoms with Gasteiger partial charge < -0.3 is 10.2 Å². The van der Waals surface area contributed by atoms with Crippen molar-refractivity contribution in [2.45, 2.75) is 19.9 Å². The first-order valence-electron chi connectivity index (χ1n) is 8.73. The highest BCUT2D eigenvalue weighted by Crippen LogP contribution is 2.21. The van der Waals surface area contributed by atoms with E-state index in [1.54, 1.807) is 0 Å². The van der Waals surface area contributed by atoms with Crippen LogP contribution in [0.2, 0.25) is 0 Å². The molecule has 1 atom stereocenters. The summed E-state index contributed by atoms with van der Waals surface area (Å²) in [7, 11) is 0. The zero-order valence-corrected chi connectivity index (χ0v) is 15.0. The fourth-order valence-corrected chi connectivity index (χ4v) is 3.28. The van der Waals surface area contributed by atoms with Crippen LogP contribution in [0.15, 0.2) is 42.5 Å². The lowest BCUT2D eigenvalue weighted by Gasteiger charge is -2.41. The number of halogens is 2. The first-order chi connectivity index (χ1) is 12.4. The van der Waals surface area contributed by atoms with Crippen molar-refractivity contribution >= 4 is 17.3 Å². The summed E-state index contributed by atoms with van der Waals surface area (Å²) < 4.78 is 26.6. The minimum Gasteiger partial charge on any atom is -0.366 e. The molecule has 0 spiro atoms. The molecule has 1 aliphatic rings. The van der Waals surface area contributed by atoms with Gasteiger partial charge in [-0.2, -0.15) is 0 Å². The second kappa shape index (κ2) is 7.83. The summed E-state index contributed by atoms with van der Waals surface area (Å²) in [6.45, 7) is 6.69. The minimum absolute atomic E-state index is 0.00254. The number of hydrogen-bond donors (Lipinski definition) is 1. The van der Waals surface area contributed by atoms with E-state index in [0.29, 0.717) is 0 Å². The van der Waals surface area contributed by atoms with Gasteiger partial charge in [0.1, 0.15) is 11.6 Å². The maximum atomic E-state index is 13.6. The quantitative estimate of drug-likeness (QED) is 0.909. The minimum atomic E-state index is -0.768. The molecule has 1 fully saturated rings. The monoisotopic (exact) mass is 359 g/mol. The van der Waals surface area contributed by atoms with Gasteiger partial charge in [-0.15, -0.1) is 0 Å². The molecule has 0 aromatic heterocycles. The highest BCUT2D eigenvalue weighted by atomic mass is 19.1. The van der Waals surface area contributed by atoms with E-state index in [0.717, 1.165) is 31.8 Å². The third kappa shape index (κ3) is 4.38. The second-order valence-corrected chi connectivity index (χ2v) is 6.79. The van der Waals surface area contributed by atoms with Crippen LogP contribution in [0.4, 0.5) is 20.2 Å². The lowest BCUT2D eigenvalue weighted by molar-refractivity contribution is -0.117. The Morgan fingerprint density at radius 3 is 2.54 bits per heavy atom. The van der Waals surface area contributed by atoms with Crippen LogP contribution in [0.25, 0.3) is 0 Å². The SMILES string of the molecule is Cc1ccc(N2CCN(CC(=O)Nc3ccc(F)cc3F)CC2C)cc1. The molecule has 0 saturated carbocycles. The second-order valence-electron chi connectivity index (χ2n) is 6.79. The molecular formula is C20H23F2N3O. The van der Waals surface area contributed by atoms with Crippen molar-refractivity contribution in [3.8, 4) is 0 Å². The Labute approximate surface area is 152 Å². The van der Waals surface area contributed by atoms with Crippen molar-refractivity contribution in [2.75, 3.05) is 36.4 Å². The summed E-state index contributed by atoms with van der Waals surface area (Å²) in [5.41, 5.74) is 2.41. The summed E-state index contributed by atoms with van der Waals surface area (Å²) in [5.74, 6) is -1.73. The molecule has 1 N–H and O–H groups in total. The van der Waals surface area contributed by atoms with Crippen molar-refractivity contribution in [3.05, 3.63) is 59.7 Å². The standard InChI is InChI=1S/C20H23F2N3O/c1-14-3-6-17(7-4-14)25-10-9-24(12-15(25)2)13-20(26)23-19-8-5-16(21)11-18(19)22/h3-8,11,15H,9-10,12-13H2,1-2H3,(H,23,26). The highest BCUT2D eigenvalue weighted by Gasteiger charge is 2.25. The van der Waals surface area contributed by atoms with Gasteiger partial charge >= 0.3 is 0 Å². The number of amides is 1. The molecule has 1 heterocycles. The van der Waals surface area contributed by atoms with E-state index < -0.39 is 11.6 Å². The van der Waals surface area contributed by atoms with Gasteiger partial charge in [0, 0.05) is 37.4 Å². The van der Waals surface area contributed by atoms with Crippen molar-refractivity contribution in [1.29, 1.82) is 0 Å². The van der Waals surface area contributed by atoms with Crippen LogP contribution in [0.5, 0.6) is 0 Å². The molecule has 0 bridgehead atoms. The predicted molar refractivity (Wildman–Crippen MR) is 99.4 cm³/mol. The summed E-state index contributed by atoms with van der Waals surface area (Å²) in [6.07, 6.45) is 0. The number of carbonyl (C=O) groups is 1. The average Bonchev–Trinajstić information content (AvgIpc) is 2.59. The number of nitrogens with one attached hydrogen (secondary N) is 1. The number of hydrogen-bond acceptors (Lipinski definition) is 3. The molecular weight excluding hydrogens is 336 g/mol. The van der Waals surface area contributed by atoms with Gasteiger partial charge in [-0.1, -0.05) is 17.7 Å². The first-order valence-corrected chi connectivity index (χ1v) is 8.73. The molecule has 6 heteroatoms. The lowest BCUT2D eigenvalue weighted by atomic mass is 10.1. The van der Waals surface area contributed by atoms with Crippen LogP contribution in [0.3, 0.4) is 0 Å². The Balaban J connectivity index is 1.55. The normalized spacial score (nSPS) is 18.0. The molecule has 2 aromatic carbocycles. The number of benzene rings is 2. The predicted octanol–water partition coefficient (Wildman–Crippen LogP) is 3.42. The van der Waals surface area contributed by atoms with Crippen molar-refractivity contribution in [1.82, 2.24) is 4.90 Å². The number of carbonyl (C=O) groups excluding carboxylic acids is 1. The third-order valence-corrected chi connectivity index (χ3v) is 4.65. The van der Waals surface area contributed by atoms with Crippen LogP contribution in [-0.4, -0.2) is 43.0 Å². The fraction of sp³-hybridized carbons (Fsp3) is 0.350. The molecule has 1 saturated heterocycles. The van der Waals surface area contributed by atoms with E-state index in [2.05, 4.69) is 48.3 Å². The molecule has 1 aliphatic heterocycles. The van der Waals surface area contributed by atoms with Crippen LogP contribution >= 0.6 is 0 Å². The fourth-order valence-electron chi connectivity index (χ4n) is 3.28. The van der Waals surface area contributed by atoms with E-state index in [1.165, 1.54) is 17.3 Å². The number of nitrogens with zero attached hydrogens (tertiary/aromatic N) is 2. The molecule has 0 radical (unpaired) electrons. The lowest BCUT2D eigenvalue weighted by Crippen LogP contribution is -2.53. The molecule has 4 nitrogen and oxygen atoms in total. The van der Waals surface area contributed by atoms with Gasteiger partial charge in [0.25, 0.3) is 0 Å². The van der Waals surface area contributed by atoms with Crippen molar-refractivity contribution in [3.63, 3.8) is 0 Å². The first kappa shape index (κ1) is 18.3. The van der Waals surface area contributed by atoms with E-state index >= 15 is 0 Å². The Kier molecular flexibility index (Phi) is 5.52. The molecule has 3 rings (SSSR count). The Morgan fingerprint density at radius 1 is 1.15 bits per heavy atom. The van der Waals surface area contributed by atoms with Crippen molar-refractivity contribution in [2.24, 2.45) is 0 Å². The summed E-state index contributed by atoms with van der Waals surface area (Å²) >= 11 is 0. The molecule has 1 unspecified atom stereocenters. The van der Waals surface area contributed by atoms with Gasteiger partial charge in [0.05, 0.1) is 12.2 Å². The summed E-state index contributed by atoms with van der Waals surface area (Å²) in [5, 5.41) is 2.51. The molecule has 26 heavy (non-hydrogen) atoms. The highest BCUT2D eigenvalue weighted by molar-refractivity contribution is 5.92. The van der Waals surface area contributed by atoms with Crippen molar-refractivity contribution < 1.29 is 13.6 Å².